The van der Waals surface area contributed by atoms with E-state index in [1.54, 1.807) is 11.9 Å². The van der Waals surface area contributed by atoms with Crippen LogP contribution in [0.2, 0.25) is 0 Å². The maximum absolute atomic E-state index is 12.5. The SMILES string of the molecule is CCCNc1ccc(C)cc1C(=O)N(C)CC(C)C#N. The zero-order valence-electron chi connectivity index (χ0n) is 12.7. The first-order valence-corrected chi connectivity index (χ1v) is 6.99. The minimum Gasteiger partial charge on any atom is -0.384 e. The Morgan fingerprint density at radius 3 is 2.80 bits per heavy atom. The summed E-state index contributed by atoms with van der Waals surface area (Å²) in [4.78, 5) is 14.1. The Kier molecular flexibility index (Phi) is 6.05. The van der Waals surface area contributed by atoms with Crippen LogP contribution in [0.4, 0.5) is 5.69 Å². The monoisotopic (exact) mass is 273 g/mol. The van der Waals surface area contributed by atoms with Crippen molar-refractivity contribution >= 4 is 11.6 Å². The van der Waals surface area contributed by atoms with Crippen LogP contribution in [0.25, 0.3) is 0 Å². The van der Waals surface area contributed by atoms with Crippen LogP contribution in [-0.2, 0) is 0 Å². The van der Waals surface area contributed by atoms with Crippen molar-refractivity contribution in [1.29, 1.82) is 5.26 Å². The number of amides is 1. The molecule has 4 nitrogen and oxygen atoms in total. The average molecular weight is 273 g/mol. The molecule has 0 fully saturated rings. The Hall–Kier alpha value is -2.02. The lowest BCUT2D eigenvalue weighted by Crippen LogP contribution is -2.31. The molecule has 1 aromatic rings. The minimum absolute atomic E-state index is 0.0468. The van der Waals surface area contributed by atoms with Crippen molar-refractivity contribution in [3.05, 3.63) is 29.3 Å². The highest BCUT2D eigenvalue weighted by Gasteiger charge is 2.17. The molecule has 108 valence electrons. The molecular weight excluding hydrogens is 250 g/mol. The Balaban J connectivity index is 2.95. The molecule has 0 aliphatic heterocycles. The van der Waals surface area contributed by atoms with Crippen LogP contribution < -0.4 is 5.32 Å². The zero-order valence-corrected chi connectivity index (χ0v) is 12.7. The van der Waals surface area contributed by atoms with Crippen LogP contribution in [0.15, 0.2) is 18.2 Å². The summed E-state index contributed by atoms with van der Waals surface area (Å²) in [5, 5.41) is 12.1. The number of hydrogen-bond donors (Lipinski definition) is 1. The number of benzene rings is 1. The molecule has 1 rings (SSSR count). The number of aryl methyl sites for hydroxylation is 1. The third kappa shape index (κ3) is 4.27. The molecule has 0 aliphatic carbocycles. The molecule has 0 aromatic heterocycles. The normalized spacial score (nSPS) is 11.6. The Morgan fingerprint density at radius 1 is 1.50 bits per heavy atom. The summed E-state index contributed by atoms with van der Waals surface area (Å²) >= 11 is 0. The van der Waals surface area contributed by atoms with Crippen molar-refractivity contribution in [2.75, 3.05) is 25.5 Å². The third-order valence-electron chi connectivity index (χ3n) is 3.09. The average Bonchev–Trinajstić information content (AvgIpc) is 2.44. The Morgan fingerprint density at radius 2 is 2.20 bits per heavy atom. The smallest absolute Gasteiger partial charge is 0.255 e. The van der Waals surface area contributed by atoms with Gasteiger partial charge in [-0.25, -0.2) is 0 Å². The summed E-state index contributed by atoms with van der Waals surface area (Å²) in [5.41, 5.74) is 2.59. The van der Waals surface area contributed by atoms with Crippen molar-refractivity contribution < 1.29 is 4.79 Å². The van der Waals surface area contributed by atoms with E-state index in [1.807, 2.05) is 32.0 Å². The molecule has 0 saturated heterocycles. The Bertz CT molecular complexity index is 505. The molecule has 0 spiro atoms. The van der Waals surface area contributed by atoms with Gasteiger partial charge in [0.25, 0.3) is 5.91 Å². The molecule has 0 saturated carbocycles. The predicted octanol–water partition coefficient (Wildman–Crippen LogP) is 3.05. The quantitative estimate of drug-likeness (QED) is 0.866. The second kappa shape index (κ2) is 7.54. The lowest BCUT2D eigenvalue weighted by molar-refractivity contribution is 0.0786. The van der Waals surface area contributed by atoms with E-state index in [-0.39, 0.29) is 11.8 Å². The van der Waals surface area contributed by atoms with Crippen LogP contribution in [0.5, 0.6) is 0 Å². The van der Waals surface area contributed by atoms with E-state index in [0.29, 0.717) is 12.1 Å². The van der Waals surface area contributed by atoms with Crippen molar-refractivity contribution in [3.63, 3.8) is 0 Å². The van der Waals surface area contributed by atoms with Crippen LogP contribution in [0.1, 0.15) is 36.2 Å². The van der Waals surface area contributed by atoms with Crippen molar-refractivity contribution in [2.24, 2.45) is 5.92 Å². The first-order valence-electron chi connectivity index (χ1n) is 6.99. The molecule has 1 amide bonds. The van der Waals surface area contributed by atoms with Crippen molar-refractivity contribution in [1.82, 2.24) is 4.90 Å². The predicted molar refractivity (Wildman–Crippen MR) is 81.7 cm³/mol. The van der Waals surface area contributed by atoms with E-state index in [4.69, 9.17) is 5.26 Å². The highest BCUT2D eigenvalue weighted by atomic mass is 16.2. The van der Waals surface area contributed by atoms with E-state index in [1.165, 1.54) is 0 Å². The summed E-state index contributed by atoms with van der Waals surface area (Å²) in [6, 6.07) is 7.99. The number of nitrogens with zero attached hydrogens (tertiary/aromatic N) is 2. The standard InChI is InChI=1S/C16H23N3O/c1-5-8-18-15-7-6-12(2)9-14(15)16(20)19(4)11-13(3)10-17/h6-7,9,13,18H,5,8,11H2,1-4H3. The highest BCUT2D eigenvalue weighted by molar-refractivity contribution is 5.99. The van der Waals surface area contributed by atoms with Crippen molar-refractivity contribution in [3.8, 4) is 6.07 Å². The van der Waals surface area contributed by atoms with Gasteiger partial charge in [0.15, 0.2) is 0 Å². The molecule has 0 radical (unpaired) electrons. The molecule has 0 bridgehead atoms. The number of nitrogens with one attached hydrogen (secondary N) is 1. The van der Waals surface area contributed by atoms with Gasteiger partial charge in [-0.05, 0) is 32.4 Å². The Labute approximate surface area is 121 Å². The van der Waals surface area contributed by atoms with Gasteiger partial charge in [-0.1, -0.05) is 18.6 Å². The van der Waals surface area contributed by atoms with E-state index in [2.05, 4.69) is 18.3 Å². The van der Waals surface area contributed by atoms with Gasteiger partial charge in [0, 0.05) is 25.8 Å². The largest absolute Gasteiger partial charge is 0.384 e. The zero-order chi connectivity index (χ0) is 15.1. The maximum Gasteiger partial charge on any atom is 0.255 e. The summed E-state index contributed by atoms with van der Waals surface area (Å²) < 4.78 is 0. The molecule has 1 atom stereocenters. The lowest BCUT2D eigenvalue weighted by atomic mass is 10.1. The summed E-state index contributed by atoms with van der Waals surface area (Å²) in [5.74, 6) is -0.213. The molecule has 1 aromatic carbocycles. The van der Waals surface area contributed by atoms with Gasteiger partial charge in [0.05, 0.1) is 17.6 Å². The third-order valence-corrected chi connectivity index (χ3v) is 3.09. The molecule has 20 heavy (non-hydrogen) atoms. The van der Waals surface area contributed by atoms with Crippen LogP contribution >= 0.6 is 0 Å². The van der Waals surface area contributed by atoms with Gasteiger partial charge in [0.1, 0.15) is 0 Å². The van der Waals surface area contributed by atoms with Gasteiger partial charge in [-0.15, -0.1) is 0 Å². The summed E-state index contributed by atoms with van der Waals surface area (Å²) in [7, 11) is 1.74. The van der Waals surface area contributed by atoms with Crippen LogP contribution in [0.3, 0.4) is 0 Å². The fraction of sp³-hybridized carbons (Fsp3) is 0.500. The first-order chi connectivity index (χ1) is 9.49. The summed E-state index contributed by atoms with van der Waals surface area (Å²) in [6.07, 6.45) is 1.00. The van der Waals surface area contributed by atoms with E-state index in [9.17, 15) is 4.79 Å². The molecular formula is C16H23N3O. The van der Waals surface area contributed by atoms with E-state index >= 15 is 0 Å². The van der Waals surface area contributed by atoms with Crippen LogP contribution in [-0.4, -0.2) is 30.9 Å². The highest BCUT2D eigenvalue weighted by Crippen LogP contribution is 2.19. The first kappa shape index (κ1) is 16.0. The van der Waals surface area contributed by atoms with E-state index in [0.717, 1.165) is 24.2 Å². The van der Waals surface area contributed by atoms with Gasteiger partial charge in [-0.3, -0.25) is 4.79 Å². The van der Waals surface area contributed by atoms with Crippen molar-refractivity contribution in [2.45, 2.75) is 27.2 Å². The number of hydrogen-bond acceptors (Lipinski definition) is 3. The second-order valence-electron chi connectivity index (χ2n) is 5.19. The lowest BCUT2D eigenvalue weighted by Gasteiger charge is -2.20. The topological polar surface area (TPSA) is 56.1 Å². The van der Waals surface area contributed by atoms with Gasteiger partial charge in [0.2, 0.25) is 0 Å². The molecule has 0 aliphatic rings. The second-order valence-corrected chi connectivity index (χ2v) is 5.19. The number of nitriles is 1. The maximum atomic E-state index is 12.5. The van der Waals surface area contributed by atoms with Gasteiger partial charge >= 0.3 is 0 Å². The minimum atomic E-state index is -0.166. The molecule has 4 heteroatoms. The van der Waals surface area contributed by atoms with Crippen LogP contribution in [0, 0.1) is 24.2 Å². The fourth-order valence-corrected chi connectivity index (χ4v) is 1.99. The van der Waals surface area contributed by atoms with Gasteiger partial charge in [-0.2, -0.15) is 5.26 Å². The number of carbonyl (C=O) groups excluding carboxylic acids is 1. The summed E-state index contributed by atoms with van der Waals surface area (Å²) in [6.45, 7) is 7.15. The molecule has 0 heterocycles. The number of anilines is 1. The van der Waals surface area contributed by atoms with Gasteiger partial charge < -0.3 is 10.2 Å². The fourth-order valence-electron chi connectivity index (χ4n) is 1.99. The van der Waals surface area contributed by atoms with E-state index < -0.39 is 0 Å². The molecule has 1 N–H and O–H groups in total. The molecule has 1 unspecified atom stereocenters. The number of carbonyl (C=O) groups is 1. The number of rotatable bonds is 6.